The van der Waals surface area contributed by atoms with Crippen LogP contribution in [0.1, 0.15) is 123 Å². The fraction of sp³-hybridized carbons (Fsp3) is 0.475. The summed E-state index contributed by atoms with van der Waals surface area (Å²) in [7, 11) is 0. The van der Waals surface area contributed by atoms with Crippen LogP contribution in [0.15, 0.2) is 106 Å². The zero-order chi connectivity index (χ0) is 58.2. The maximum absolute atomic E-state index is 13.8. The molecule has 0 spiro atoms. The van der Waals surface area contributed by atoms with E-state index in [-0.39, 0.29) is 34.5 Å². The topological polar surface area (TPSA) is 227 Å². The highest BCUT2D eigenvalue weighted by molar-refractivity contribution is 8.24. The molecule has 2 aliphatic carbocycles. The Hall–Kier alpha value is -7.08. The minimum Gasteiger partial charge on any atom is -0.494 e. The number of benzene rings is 3. The van der Waals surface area contributed by atoms with Gasteiger partial charge < -0.3 is 47.7 Å². The lowest BCUT2D eigenvalue weighted by Gasteiger charge is -2.26. The van der Waals surface area contributed by atoms with Gasteiger partial charge in [0.15, 0.2) is 0 Å². The number of ether oxygens (including phenoxy) is 9. The van der Waals surface area contributed by atoms with E-state index < -0.39 is 71.1 Å². The Morgan fingerprint density at radius 1 is 0.519 bits per heavy atom. The predicted octanol–water partition coefficient (Wildman–Crippen LogP) is 11.6. The van der Waals surface area contributed by atoms with Crippen LogP contribution in [0.4, 0.5) is 0 Å². The summed E-state index contributed by atoms with van der Waals surface area (Å²) in [4.78, 5) is 93.8. The molecule has 2 saturated carbocycles. The highest BCUT2D eigenvalue weighted by Crippen LogP contribution is 2.59. The van der Waals surface area contributed by atoms with E-state index in [1.807, 2.05) is 0 Å². The van der Waals surface area contributed by atoms with Gasteiger partial charge in [0, 0.05) is 18.6 Å². The van der Waals surface area contributed by atoms with E-state index in [0.29, 0.717) is 111 Å². The number of fused-ring (bicyclic) bond motifs is 1. The molecule has 0 radical (unpaired) electrons. The number of rotatable bonds is 30. The number of nitrogens with zero attached hydrogens (tertiary/aromatic N) is 1. The van der Waals surface area contributed by atoms with Crippen molar-refractivity contribution in [3.63, 3.8) is 0 Å². The Morgan fingerprint density at radius 3 is 1.21 bits per heavy atom. The maximum Gasteiger partial charge on any atom is 0.338 e. The molecule has 20 heteroatoms. The molecule has 3 aliphatic rings. The SMILES string of the molecule is [C-]#[N+]C(C(=O)OCCC(C)(C)O)=C1Sc2c(OC(=O)C3CCC(C(=O)Oc4ccc(OCCCCCCOC(=O)C=C)cc4)CC3)ccc(OC(=O)C3CCC(C(=O)Oc4ccc(OCCCCCCOC(=O)C=C)cc4)CC3)c2S1. The molecule has 0 unspecified atom stereocenters. The number of hydrogen-bond acceptors (Lipinski definition) is 19. The molecule has 2 fully saturated rings. The molecule has 0 saturated heterocycles. The van der Waals surface area contributed by atoms with Crippen molar-refractivity contribution in [2.24, 2.45) is 23.7 Å². The molecule has 3 aromatic rings. The first kappa shape index (κ1) is 63.1. The van der Waals surface area contributed by atoms with Gasteiger partial charge >= 0.3 is 41.8 Å². The second kappa shape index (κ2) is 32.4. The predicted molar refractivity (Wildman–Crippen MR) is 300 cm³/mol. The Bertz CT molecular complexity index is 2590. The summed E-state index contributed by atoms with van der Waals surface area (Å²) in [5.74, 6) is -3.27. The van der Waals surface area contributed by atoms with Gasteiger partial charge in [0.1, 0.15) is 34.5 Å². The second-order valence-corrected chi connectivity index (χ2v) is 22.7. The van der Waals surface area contributed by atoms with E-state index in [4.69, 9.17) is 49.2 Å². The van der Waals surface area contributed by atoms with Crippen molar-refractivity contribution in [1.82, 2.24) is 0 Å². The number of esters is 7. The molecule has 3 aromatic carbocycles. The molecule has 1 N–H and O–H groups in total. The number of hydrogen-bond donors (Lipinski definition) is 1. The van der Waals surface area contributed by atoms with Crippen LogP contribution in [0.5, 0.6) is 34.5 Å². The zero-order valence-electron chi connectivity index (χ0n) is 46.0. The monoisotopic (exact) mass is 1150 g/mol. The summed E-state index contributed by atoms with van der Waals surface area (Å²) in [6.45, 7) is 19.4. The Balaban J connectivity index is 0.991. The molecule has 1 heterocycles. The Kier molecular flexibility index (Phi) is 25.2. The van der Waals surface area contributed by atoms with Crippen LogP contribution < -0.4 is 28.4 Å². The molecule has 0 bridgehead atoms. The van der Waals surface area contributed by atoms with Crippen molar-refractivity contribution in [3.8, 4) is 34.5 Å². The van der Waals surface area contributed by atoms with Gasteiger partial charge in [-0.3, -0.25) is 24.0 Å². The van der Waals surface area contributed by atoms with Crippen LogP contribution in [0, 0.1) is 30.2 Å². The van der Waals surface area contributed by atoms with Crippen LogP contribution in [0.3, 0.4) is 0 Å². The van der Waals surface area contributed by atoms with Gasteiger partial charge in [-0.15, -0.1) is 0 Å². The van der Waals surface area contributed by atoms with Crippen molar-refractivity contribution in [3.05, 3.63) is 107 Å². The number of carbonyl (C=O) groups excluding carboxylic acids is 7. The lowest BCUT2D eigenvalue weighted by molar-refractivity contribution is -0.145. The third kappa shape index (κ3) is 20.8. The van der Waals surface area contributed by atoms with Gasteiger partial charge in [-0.2, -0.15) is 0 Å². The minimum atomic E-state index is -1.11. The minimum absolute atomic E-state index is 0.132. The fourth-order valence-corrected chi connectivity index (χ4v) is 11.4. The molecular weight excluding hydrogens is 1080 g/mol. The van der Waals surface area contributed by atoms with Crippen LogP contribution in [0.2, 0.25) is 0 Å². The molecule has 0 aromatic heterocycles. The van der Waals surface area contributed by atoms with Crippen LogP contribution >= 0.6 is 23.5 Å². The smallest absolute Gasteiger partial charge is 0.338 e. The average Bonchev–Trinajstić information content (AvgIpc) is 4.11. The highest BCUT2D eigenvalue weighted by atomic mass is 32.2. The second-order valence-electron chi connectivity index (χ2n) is 20.4. The molecule has 1 aliphatic heterocycles. The van der Waals surface area contributed by atoms with E-state index in [2.05, 4.69) is 18.0 Å². The van der Waals surface area contributed by atoms with E-state index >= 15 is 0 Å². The largest absolute Gasteiger partial charge is 0.494 e. The van der Waals surface area contributed by atoms with Crippen LogP contribution in [-0.4, -0.2) is 85.5 Å². The summed E-state index contributed by atoms with van der Waals surface area (Å²) < 4.78 is 50.6. The van der Waals surface area contributed by atoms with E-state index in [9.17, 15) is 38.7 Å². The summed E-state index contributed by atoms with van der Waals surface area (Å²) in [6.07, 6.45) is 12.2. The van der Waals surface area contributed by atoms with Gasteiger partial charge in [0.25, 0.3) is 5.70 Å². The molecule has 0 amide bonds. The van der Waals surface area contributed by atoms with Crippen molar-refractivity contribution in [1.29, 1.82) is 0 Å². The van der Waals surface area contributed by atoms with Gasteiger partial charge in [0.05, 0.1) is 82.9 Å². The van der Waals surface area contributed by atoms with Crippen molar-refractivity contribution >= 4 is 65.3 Å². The molecular formula is C61H71NO17S2. The highest BCUT2D eigenvalue weighted by Gasteiger charge is 2.37. The standard InChI is InChI=1S/C61H71NO17S2/c1-6-50(63)73-37-14-10-8-12-35-71-44-24-28-46(29-25-44)76-55(65)40-16-20-42(21-17-40)57(67)78-48-32-33-49(54-53(48)80-60(81-54)52(62-5)59(69)75-39-34-61(3,4)70)79-58(68)43-22-18-41(19-23-43)56(66)77-47-30-26-45(27-31-47)72-36-13-9-11-15-38-74-51(64)7-2/h6-7,24-33,40-43,70H,1-2,8-23,34-39H2,3-4H3. The number of thioether (sulfide) groups is 2. The van der Waals surface area contributed by atoms with Crippen LogP contribution in [0.25, 0.3) is 4.85 Å². The van der Waals surface area contributed by atoms with Gasteiger partial charge in [-0.25, -0.2) is 14.4 Å². The summed E-state index contributed by atoms with van der Waals surface area (Å²) in [6, 6.07) is 16.6. The first-order chi connectivity index (χ1) is 39.0. The van der Waals surface area contributed by atoms with E-state index in [1.165, 1.54) is 12.1 Å². The first-order valence-electron chi connectivity index (χ1n) is 27.5. The zero-order valence-corrected chi connectivity index (χ0v) is 47.6. The summed E-state index contributed by atoms with van der Waals surface area (Å²) in [5, 5.41) is 10.1. The lowest BCUT2D eigenvalue weighted by Crippen LogP contribution is -2.30. The molecule has 18 nitrogen and oxygen atoms in total. The normalized spacial score (nSPS) is 17.4. The van der Waals surface area contributed by atoms with Crippen molar-refractivity contribution in [2.45, 2.75) is 138 Å². The van der Waals surface area contributed by atoms with Crippen molar-refractivity contribution < 1.29 is 81.3 Å². The van der Waals surface area contributed by atoms with E-state index in [0.717, 1.165) is 87.0 Å². The first-order valence-corrected chi connectivity index (χ1v) is 29.1. The number of carbonyl (C=O) groups is 7. The third-order valence-electron chi connectivity index (χ3n) is 13.6. The van der Waals surface area contributed by atoms with Crippen molar-refractivity contribution in [2.75, 3.05) is 33.0 Å². The Labute approximate surface area is 481 Å². The van der Waals surface area contributed by atoms with Gasteiger partial charge in [-0.1, -0.05) is 36.7 Å². The average molecular weight is 1150 g/mol. The van der Waals surface area contributed by atoms with Crippen LogP contribution in [-0.2, 0) is 47.8 Å². The third-order valence-corrected chi connectivity index (χ3v) is 16.2. The molecule has 434 valence electrons. The fourth-order valence-electron chi connectivity index (χ4n) is 8.90. The quantitative estimate of drug-likeness (QED) is 0.0163. The van der Waals surface area contributed by atoms with E-state index in [1.54, 1.807) is 62.4 Å². The number of aliphatic hydroxyl groups is 1. The lowest BCUT2D eigenvalue weighted by atomic mass is 9.82. The van der Waals surface area contributed by atoms with Gasteiger partial charge in [0.2, 0.25) is 0 Å². The molecule has 6 rings (SSSR count). The summed E-state index contributed by atoms with van der Waals surface area (Å²) >= 11 is 2.02. The summed E-state index contributed by atoms with van der Waals surface area (Å²) in [5.41, 5.74) is -1.44. The van der Waals surface area contributed by atoms with Gasteiger partial charge in [-0.05, 0) is 177 Å². The Morgan fingerprint density at radius 2 is 0.864 bits per heavy atom. The maximum atomic E-state index is 13.8. The molecule has 0 atom stereocenters. The number of unbranched alkanes of at least 4 members (excludes halogenated alkanes) is 6. The molecule has 81 heavy (non-hydrogen) atoms.